The lowest BCUT2D eigenvalue weighted by molar-refractivity contribution is -0.113. The van der Waals surface area contributed by atoms with Crippen molar-refractivity contribution in [1.29, 1.82) is 0 Å². The molecule has 0 fully saturated rings. The highest BCUT2D eigenvalue weighted by molar-refractivity contribution is 7.99. The molecule has 0 aliphatic heterocycles. The Bertz CT molecular complexity index is 1210. The van der Waals surface area contributed by atoms with Crippen LogP contribution in [0.5, 0.6) is 0 Å². The number of aromatic nitrogens is 3. The van der Waals surface area contributed by atoms with E-state index in [1.165, 1.54) is 23.1 Å². The zero-order valence-electron chi connectivity index (χ0n) is 16.2. The number of hydrogen-bond acceptors (Lipinski definition) is 8. The molecule has 0 aliphatic rings. The summed E-state index contributed by atoms with van der Waals surface area (Å²) in [5, 5.41) is 13.8. The monoisotopic (exact) mass is 442 g/mol. The Labute approximate surface area is 180 Å². The van der Waals surface area contributed by atoms with Crippen LogP contribution in [-0.2, 0) is 9.53 Å². The molecule has 0 spiro atoms. The van der Waals surface area contributed by atoms with E-state index in [1.54, 1.807) is 18.4 Å². The van der Waals surface area contributed by atoms with Crippen LogP contribution in [-0.4, -0.2) is 38.8 Å². The number of carbonyl (C=O) groups excluding carboxylic acids is 2. The van der Waals surface area contributed by atoms with Crippen LogP contribution in [0.2, 0.25) is 0 Å². The van der Waals surface area contributed by atoms with E-state index in [0.29, 0.717) is 32.7 Å². The minimum absolute atomic E-state index is 0.116. The Morgan fingerprint density at radius 2 is 2.13 bits per heavy atom. The van der Waals surface area contributed by atoms with Gasteiger partial charge in [0, 0.05) is 17.1 Å². The first-order chi connectivity index (χ1) is 14.6. The van der Waals surface area contributed by atoms with Crippen LogP contribution in [0, 0.1) is 6.92 Å². The topological polar surface area (TPSA) is 98.7 Å². The van der Waals surface area contributed by atoms with E-state index in [1.807, 2.05) is 41.8 Å². The molecule has 1 amide bonds. The molecule has 4 rings (SSSR count). The smallest absolute Gasteiger partial charge is 0.341 e. The lowest BCUT2D eigenvalue weighted by Gasteiger charge is -2.07. The summed E-state index contributed by atoms with van der Waals surface area (Å²) >= 11 is 2.52. The highest BCUT2D eigenvalue weighted by Crippen LogP contribution is 2.37. The molecule has 30 heavy (non-hydrogen) atoms. The van der Waals surface area contributed by atoms with E-state index in [9.17, 15) is 9.59 Å². The molecule has 154 valence electrons. The number of pyridine rings is 1. The number of amides is 1. The third-order valence-corrected chi connectivity index (χ3v) is 5.98. The summed E-state index contributed by atoms with van der Waals surface area (Å²) in [5.74, 6) is 0.631. The van der Waals surface area contributed by atoms with Crippen LogP contribution in [0.3, 0.4) is 0 Å². The van der Waals surface area contributed by atoms with E-state index in [-0.39, 0.29) is 18.3 Å². The van der Waals surface area contributed by atoms with Gasteiger partial charge in [0.1, 0.15) is 22.1 Å². The first kappa shape index (κ1) is 20.2. The van der Waals surface area contributed by atoms with Crippen molar-refractivity contribution in [2.45, 2.75) is 19.0 Å². The summed E-state index contributed by atoms with van der Waals surface area (Å²) in [7, 11) is 0. The summed E-state index contributed by atoms with van der Waals surface area (Å²) in [5.41, 5.74) is 1.60. The minimum Gasteiger partial charge on any atom is -0.462 e. The second-order valence-electron chi connectivity index (χ2n) is 6.23. The normalized spacial score (nSPS) is 11.0. The predicted octanol–water partition coefficient (Wildman–Crippen LogP) is 4.27. The molecule has 8 nitrogen and oxygen atoms in total. The maximum Gasteiger partial charge on any atom is 0.341 e. The number of anilines is 1. The average molecular weight is 443 g/mol. The number of ether oxygens (including phenoxy) is 1. The molecule has 10 heteroatoms. The van der Waals surface area contributed by atoms with Crippen LogP contribution < -0.4 is 5.32 Å². The van der Waals surface area contributed by atoms with E-state index in [2.05, 4.69) is 15.5 Å². The Hall–Kier alpha value is -3.11. The van der Waals surface area contributed by atoms with E-state index in [0.717, 1.165) is 5.76 Å². The lowest BCUT2D eigenvalue weighted by Crippen LogP contribution is -2.16. The van der Waals surface area contributed by atoms with Crippen molar-refractivity contribution >= 4 is 45.6 Å². The number of rotatable bonds is 7. The molecule has 0 radical (unpaired) electrons. The van der Waals surface area contributed by atoms with Crippen LogP contribution in [0.25, 0.3) is 17.0 Å². The van der Waals surface area contributed by atoms with Gasteiger partial charge in [0.15, 0.2) is 10.8 Å². The fourth-order valence-corrected chi connectivity index (χ4v) is 4.51. The SMILES string of the molecule is CCOC(=O)c1c(-c2ccc(C)o2)csc1NC(=O)CSc1nnc2ccccn12. The van der Waals surface area contributed by atoms with Gasteiger partial charge in [-0.25, -0.2) is 4.79 Å². The molecule has 0 aromatic carbocycles. The number of esters is 1. The molecule has 4 aromatic heterocycles. The van der Waals surface area contributed by atoms with Gasteiger partial charge in [-0.2, -0.15) is 0 Å². The molecule has 0 atom stereocenters. The average Bonchev–Trinajstić information content (AvgIpc) is 3.45. The number of hydrogen-bond donors (Lipinski definition) is 1. The summed E-state index contributed by atoms with van der Waals surface area (Å²) < 4.78 is 12.7. The molecular weight excluding hydrogens is 424 g/mol. The van der Waals surface area contributed by atoms with Crippen molar-refractivity contribution in [3.8, 4) is 11.3 Å². The van der Waals surface area contributed by atoms with Crippen LogP contribution in [0.1, 0.15) is 23.0 Å². The molecule has 1 N–H and O–H groups in total. The lowest BCUT2D eigenvalue weighted by atomic mass is 10.1. The van der Waals surface area contributed by atoms with Crippen LogP contribution >= 0.6 is 23.1 Å². The zero-order chi connectivity index (χ0) is 21.1. The van der Waals surface area contributed by atoms with Crippen molar-refractivity contribution < 1.29 is 18.7 Å². The third kappa shape index (κ3) is 4.10. The van der Waals surface area contributed by atoms with Gasteiger partial charge in [-0.1, -0.05) is 17.8 Å². The highest BCUT2D eigenvalue weighted by atomic mass is 32.2. The number of nitrogens with zero attached hydrogens (tertiary/aromatic N) is 3. The quantitative estimate of drug-likeness (QED) is 0.337. The predicted molar refractivity (Wildman–Crippen MR) is 115 cm³/mol. The molecule has 0 saturated carbocycles. The molecule has 0 bridgehead atoms. The molecular formula is C20H18N4O4S2. The third-order valence-electron chi connectivity index (χ3n) is 4.14. The van der Waals surface area contributed by atoms with E-state index < -0.39 is 5.97 Å². The van der Waals surface area contributed by atoms with Crippen molar-refractivity contribution in [2.24, 2.45) is 0 Å². The number of thioether (sulfide) groups is 1. The van der Waals surface area contributed by atoms with Crippen LogP contribution in [0.15, 0.2) is 51.5 Å². The Morgan fingerprint density at radius 3 is 2.90 bits per heavy atom. The van der Waals surface area contributed by atoms with E-state index in [4.69, 9.17) is 9.15 Å². The first-order valence-corrected chi connectivity index (χ1v) is 11.0. The largest absolute Gasteiger partial charge is 0.462 e. The van der Waals surface area contributed by atoms with Crippen LogP contribution in [0.4, 0.5) is 5.00 Å². The van der Waals surface area contributed by atoms with Gasteiger partial charge < -0.3 is 14.5 Å². The standard InChI is InChI=1S/C20H18N4O4S2/c1-3-27-19(26)17-13(14-8-7-12(2)28-14)10-29-18(17)21-16(25)11-30-20-23-22-15-6-4-5-9-24(15)20/h4-10H,3,11H2,1-2H3,(H,21,25). The fourth-order valence-electron chi connectivity index (χ4n) is 2.83. The highest BCUT2D eigenvalue weighted by Gasteiger charge is 2.24. The van der Waals surface area contributed by atoms with Gasteiger partial charge >= 0.3 is 5.97 Å². The Kier molecular flexibility index (Phi) is 5.86. The maximum absolute atomic E-state index is 12.6. The van der Waals surface area contributed by atoms with Crippen molar-refractivity contribution in [2.75, 3.05) is 17.7 Å². The molecule has 4 heterocycles. The number of fused-ring (bicyclic) bond motifs is 1. The summed E-state index contributed by atoms with van der Waals surface area (Å²) in [6, 6.07) is 9.19. The van der Waals surface area contributed by atoms with Gasteiger partial charge in [0.05, 0.1) is 12.4 Å². The van der Waals surface area contributed by atoms with Crippen molar-refractivity contribution in [3.05, 3.63) is 53.2 Å². The number of thiophene rings is 1. The van der Waals surface area contributed by atoms with Gasteiger partial charge in [0.25, 0.3) is 0 Å². The van der Waals surface area contributed by atoms with Gasteiger partial charge in [0.2, 0.25) is 5.91 Å². The maximum atomic E-state index is 12.6. The number of nitrogens with one attached hydrogen (secondary N) is 1. The van der Waals surface area contributed by atoms with Gasteiger partial charge in [-0.15, -0.1) is 21.5 Å². The zero-order valence-corrected chi connectivity index (χ0v) is 17.9. The van der Waals surface area contributed by atoms with E-state index >= 15 is 0 Å². The summed E-state index contributed by atoms with van der Waals surface area (Å²) in [6.07, 6.45) is 1.84. The second-order valence-corrected chi connectivity index (χ2v) is 8.05. The second kappa shape index (κ2) is 8.72. The fraction of sp³-hybridized carbons (Fsp3) is 0.200. The molecule has 0 unspecified atom stereocenters. The Balaban J connectivity index is 1.52. The van der Waals surface area contributed by atoms with Gasteiger partial charge in [-0.3, -0.25) is 9.20 Å². The number of aryl methyl sites for hydroxylation is 1. The minimum atomic E-state index is -0.505. The van der Waals surface area contributed by atoms with Gasteiger partial charge in [-0.05, 0) is 38.1 Å². The number of furan rings is 1. The first-order valence-electron chi connectivity index (χ1n) is 9.14. The molecule has 0 aliphatic carbocycles. The summed E-state index contributed by atoms with van der Waals surface area (Å²) in [6.45, 7) is 3.79. The molecule has 0 saturated heterocycles. The Morgan fingerprint density at radius 1 is 1.27 bits per heavy atom. The van der Waals surface area contributed by atoms with Crippen molar-refractivity contribution in [1.82, 2.24) is 14.6 Å². The number of carbonyl (C=O) groups is 2. The molecule has 4 aromatic rings. The summed E-state index contributed by atoms with van der Waals surface area (Å²) in [4.78, 5) is 25.1. The van der Waals surface area contributed by atoms with Crippen molar-refractivity contribution in [3.63, 3.8) is 0 Å².